The van der Waals surface area contributed by atoms with E-state index in [4.69, 9.17) is 0 Å². The molecule has 2 heterocycles. The normalized spacial score (nSPS) is 19.6. The molecule has 1 aromatic carbocycles. The molecule has 20 heavy (non-hydrogen) atoms. The fourth-order valence-corrected chi connectivity index (χ4v) is 4.95. The lowest BCUT2D eigenvalue weighted by molar-refractivity contribution is 0.480. The molecule has 1 N–H and O–H groups in total. The summed E-state index contributed by atoms with van der Waals surface area (Å²) in [7, 11) is 0. The van der Waals surface area contributed by atoms with Crippen molar-refractivity contribution in [3.63, 3.8) is 0 Å². The minimum Gasteiger partial charge on any atom is -0.306 e. The van der Waals surface area contributed by atoms with Gasteiger partial charge in [-0.25, -0.2) is 0 Å². The first-order valence-electron chi connectivity index (χ1n) is 7.19. The SMILES string of the molecule is Cc1ccc(CC(C)NC2CSCc3ccccc32)s1. The fourth-order valence-electron chi connectivity index (χ4n) is 2.82. The molecule has 106 valence electrons. The predicted molar refractivity (Wildman–Crippen MR) is 90.7 cm³/mol. The van der Waals surface area contributed by atoms with Gasteiger partial charge < -0.3 is 5.32 Å². The second-order valence-corrected chi connectivity index (χ2v) is 7.95. The van der Waals surface area contributed by atoms with Crippen molar-refractivity contribution < 1.29 is 0 Å². The topological polar surface area (TPSA) is 12.0 Å². The number of thiophene rings is 1. The summed E-state index contributed by atoms with van der Waals surface area (Å²) in [5.74, 6) is 2.34. The second-order valence-electron chi connectivity index (χ2n) is 5.55. The number of rotatable bonds is 4. The molecule has 2 aromatic rings. The van der Waals surface area contributed by atoms with Crippen molar-refractivity contribution in [2.45, 2.75) is 38.1 Å². The van der Waals surface area contributed by atoms with Gasteiger partial charge in [-0.1, -0.05) is 24.3 Å². The van der Waals surface area contributed by atoms with E-state index in [2.05, 4.69) is 55.6 Å². The van der Waals surface area contributed by atoms with Crippen LogP contribution in [0.5, 0.6) is 0 Å². The van der Waals surface area contributed by atoms with Gasteiger partial charge in [-0.05, 0) is 43.5 Å². The molecule has 3 heteroatoms. The quantitative estimate of drug-likeness (QED) is 0.888. The molecule has 0 fully saturated rings. The van der Waals surface area contributed by atoms with E-state index in [1.165, 1.54) is 26.6 Å². The first-order valence-corrected chi connectivity index (χ1v) is 9.16. The van der Waals surface area contributed by atoms with E-state index in [0.29, 0.717) is 12.1 Å². The van der Waals surface area contributed by atoms with E-state index in [9.17, 15) is 0 Å². The Balaban J connectivity index is 1.66. The smallest absolute Gasteiger partial charge is 0.0417 e. The van der Waals surface area contributed by atoms with Crippen molar-refractivity contribution >= 4 is 23.1 Å². The van der Waals surface area contributed by atoms with Crippen LogP contribution in [0.1, 0.15) is 33.8 Å². The average molecular weight is 303 g/mol. The highest BCUT2D eigenvalue weighted by Crippen LogP contribution is 2.32. The molecule has 2 unspecified atom stereocenters. The molecule has 0 bridgehead atoms. The molecule has 3 rings (SSSR count). The molecular formula is C17H21NS2. The van der Waals surface area contributed by atoms with E-state index in [-0.39, 0.29) is 0 Å². The van der Waals surface area contributed by atoms with Crippen molar-refractivity contribution in [1.82, 2.24) is 5.32 Å². The van der Waals surface area contributed by atoms with E-state index in [1.54, 1.807) is 0 Å². The second kappa shape index (κ2) is 6.33. The molecule has 1 nitrogen and oxygen atoms in total. The average Bonchev–Trinajstić information content (AvgIpc) is 2.84. The first-order chi connectivity index (χ1) is 9.72. The van der Waals surface area contributed by atoms with Gasteiger partial charge in [0, 0.05) is 33.3 Å². The van der Waals surface area contributed by atoms with Gasteiger partial charge in [0.25, 0.3) is 0 Å². The van der Waals surface area contributed by atoms with Gasteiger partial charge in [0.05, 0.1) is 0 Å². The lowest BCUT2D eigenvalue weighted by atomic mass is 10.0. The maximum atomic E-state index is 3.82. The summed E-state index contributed by atoms with van der Waals surface area (Å²) in [4.78, 5) is 2.89. The molecule has 1 aliphatic heterocycles. The Morgan fingerprint density at radius 3 is 2.90 bits per heavy atom. The van der Waals surface area contributed by atoms with Gasteiger partial charge in [0.1, 0.15) is 0 Å². The third kappa shape index (κ3) is 3.27. The Labute approximate surface area is 129 Å². The van der Waals surface area contributed by atoms with Gasteiger partial charge in [0.2, 0.25) is 0 Å². The minimum atomic E-state index is 0.501. The van der Waals surface area contributed by atoms with Gasteiger partial charge in [-0.2, -0.15) is 11.8 Å². The molecule has 0 aliphatic carbocycles. The molecule has 0 saturated carbocycles. The monoisotopic (exact) mass is 303 g/mol. The van der Waals surface area contributed by atoms with Crippen molar-refractivity contribution in [2.24, 2.45) is 0 Å². The van der Waals surface area contributed by atoms with Gasteiger partial charge >= 0.3 is 0 Å². The molecule has 0 radical (unpaired) electrons. The Bertz CT molecular complexity index is 576. The maximum Gasteiger partial charge on any atom is 0.0417 e. The van der Waals surface area contributed by atoms with E-state index in [0.717, 1.165) is 12.2 Å². The highest BCUT2D eigenvalue weighted by atomic mass is 32.2. The van der Waals surface area contributed by atoms with Gasteiger partial charge in [-0.15, -0.1) is 11.3 Å². The highest BCUT2D eigenvalue weighted by molar-refractivity contribution is 7.98. The first kappa shape index (κ1) is 14.2. The Kier molecular flexibility index (Phi) is 4.49. The standard InChI is InChI=1S/C17H21NS2/c1-12(9-15-8-7-13(2)20-15)18-17-11-19-10-14-5-3-4-6-16(14)17/h3-8,12,17-18H,9-11H2,1-2H3. The fraction of sp³-hybridized carbons (Fsp3) is 0.412. The van der Waals surface area contributed by atoms with Crippen LogP contribution in [-0.4, -0.2) is 11.8 Å². The zero-order valence-electron chi connectivity index (χ0n) is 12.1. The number of benzene rings is 1. The number of fused-ring (bicyclic) bond motifs is 1. The van der Waals surface area contributed by atoms with Crippen LogP contribution in [-0.2, 0) is 12.2 Å². The van der Waals surface area contributed by atoms with Crippen molar-refractivity contribution in [1.29, 1.82) is 0 Å². The number of hydrogen-bond donors (Lipinski definition) is 1. The largest absolute Gasteiger partial charge is 0.306 e. The van der Waals surface area contributed by atoms with Crippen molar-refractivity contribution in [2.75, 3.05) is 5.75 Å². The third-order valence-corrected chi connectivity index (χ3v) is 5.87. The van der Waals surface area contributed by atoms with Crippen molar-refractivity contribution in [3.8, 4) is 0 Å². The Morgan fingerprint density at radius 1 is 1.25 bits per heavy atom. The summed E-state index contributed by atoms with van der Waals surface area (Å²) in [6, 6.07) is 14.4. The van der Waals surface area contributed by atoms with Gasteiger partial charge in [0.15, 0.2) is 0 Å². The maximum absolute atomic E-state index is 3.82. The Hall–Kier alpha value is -0.770. The zero-order valence-corrected chi connectivity index (χ0v) is 13.7. The van der Waals surface area contributed by atoms with Crippen LogP contribution < -0.4 is 5.32 Å². The summed E-state index contributed by atoms with van der Waals surface area (Å²) in [6.07, 6.45) is 1.13. The zero-order chi connectivity index (χ0) is 13.9. The van der Waals surface area contributed by atoms with Crippen molar-refractivity contribution in [3.05, 3.63) is 57.3 Å². The van der Waals surface area contributed by atoms with E-state index in [1.807, 2.05) is 23.1 Å². The number of aryl methyl sites for hydroxylation is 1. The highest BCUT2D eigenvalue weighted by Gasteiger charge is 2.21. The van der Waals surface area contributed by atoms with Crippen LogP contribution in [0.4, 0.5) is 0 Å². The molecule has 1 aromatic heterocycles. The summed E-state index contributed by atoms with van der Waals surface area (Å²) in [5, 5.41) is 3.82. The third-order valence-electron chi connectivity index (χ3n) is 3.76. The molecular weight excluding hydrogens is 282 g/mol. The molecule has 2 atom stereocenters. The summed E-state index contributed by atoms with van der Waals surface area (Å²) < 4.78 is 0. The lowest BCUT2D eigenvalue weighted by Crippen LogP contribution is -2.35. The number of thioether (sulfide) groups is 1. The molecule has 0 spiro atoms. The van der Waals surface area contributed by atoms with Crippen LogP contribution in [0.2, 0.25) is 0 Å². The van der Waals surface area contributed by atoms with Crippen LogP contribution >= 0.6 is 23.1 Å². The molecule has 0 amide bonds. The lowest BCUT2D eigenvalue weighted by Gasteiger charge is -2.29. The van der Waals surface area contributed by atoms with Gasteiger partial charge in [-0.3, -0.25) is 0 Å². The Morgan fingerprint density at radius 2 is 2.10 bits per heavy atom. The van der Waals surface area contributed by atoms with Crippen LogP contribution in [0.15, 0.2) is 36.4 Å². The van der Waals surface area contributed by atoms with E-state index < -0.39 is 0 Å². The summed E-state index contributed by atoms with van der Waals surface area (Å²) in [5.41, 5.74) is 3.00. The number of nitrogens with one attached hydrogen (secondary N) is 1. The molecule has 0 saturated heterocycles. The minimum absolute atomic E-state index is 0.501. The molecule has 1 aliphatic rings. The summed E-state index contributed by atoms with van der Waals surface area (Å²) >= 11 is 3.96. The predicted octanol–water partition coefficient (Wildman–Crippen LogP) is 4.57. The van der Waals surface area contributed by atoms with Crippen LogP contribution in [0.3, 0.4) is 0 Å². The summed E-state index contributed by atoms with van der Waals surface area (Å²) in [6.45, 7) is 4.48. The van der Waals surface area contributed by atoms with E-state index >= 15 is 0 Å². The van der Waals surface area contributed by atoms with Crippen LogP contribution in [0, 0.1) is 6.92 Å². The number of hydrogen-bond acceptors (Lipinski definition) is 3. The van der Waals surface area contributed by atoms with Crippen LogP contribution in [0.25, 0.3) is 0 Å².